The summed E-state index contributed by atoms with van der Waals surface area (Å²) in [6.07, 6.45) is 15.6. The molecule has 1 N–H and O–H groups in total. The number of nitrogens with zero attached hydrogens (tertiary/aromatic N) is 2. The minimum atomic E-state index is -0.201. The van der Waals surface area contributed by atoms with Gasteiger partial charge in [-0.25, -0.2) is 4.98 Å². The number of likely N-dealkylation sites (tertiary alicyclic amines) is 1. The van der Waals surface area contributed by atoms with Crippen molar-refractivity contribution in [3.8, 4) is 0 Å². The van der Waals surface area contributed by atoms with Gasteiger partial charge in [0.1, 0.15) is 0 Å². The van der Waals surface area contributed by atoms with Crippen molar-refractivity contribution in [1.82, 2.24) is 9.88 Å². The van der Waals surface area contributed by atoms with E-state index in [0.29, 0.717) is 30.2 Å². The van der Waals surface area contributed by atoms with Crippen molar-refractivity contribution in [2.75, 3.05) is 18.4 Å². The van der Waals surface area contributed by atoms with E-state index in [4.69, 9.17) is 4.74 Å². The highest BCUT2D eigenvalue weighted by Gasteiger charge is 2.38. The first-order valence-corrected chi connectivity index (χ1v) is 12.6. The molecule has 7 heteroatoms. The molecule has 0 unspecified atom stereocenters. The largest absolute Gasteiger partial charge is 0.375 e. The second-order valence-electron chi connectivity index (χ2n) is 9.42. The predicted octanol–water partition coefficient (Wildman–Crippen LogP) is 4.76. The van der Waals surface area contributed by atoms with Gasteiger partial charge in [-0.2, -0.15) is 0 Å². The van der Waals surface area contributed by atoms with Crippen LogP contribution in [0.25, 0.3) is 0 Å². The summed E-state index contributed by atoms with van der Waals surface area (Å²) in [5, 5.41) is 5.41. The molecule has 1 aromatic heterocycles. The number of hydrogen-bond donors (Lipinski definition) is 1. The Hall–Kier alpha value is -1.47. The maximum Gasteiger partial charge on any atom is 0.226 e. The lowest BCUT2D eigenvalue weighted by atomic mass is 9.69. The van der Waals surface area contributed by atoms with Crippen molar-refractivity contribution in [2.45, 2.75) is 95.7 Å². The summed E-state index contributed by atoms with van der Waals surface area (Å²) in [6.45, 7) is 1.58. The Morgan fingerprint density at radius 3 is 2.40 bits per heavy atom. The predicted molar refractivity (Wildman–Crippen MR) is 118 cm³/mol. The normalized spacial score (nSPS) is 22.9. The first-order valence-electron chi connectivity index (χ1n) is 11.7. The Kier molecular flexibility index (Phi) is 7.41. The smallest absolute Gasteiger partial charge is 0.226 e. The van der Waals surface area contributed by atoms with Crippen LogP contribution < -0.4 is 5.32 Å². The number of carbonyl (C=O) groups is 2. The second kappa shape index (κ2) is 10.2. The quantitative estimate of drug-likeness (QED) is 0.673. The van der Waals surface area contributed by atoms with E-state index in [2.05, 4.69) is 10.3 Å². The van der Waals surface area contributed by atoms with Gasteiger partial charge in [-0.15, -0.1) is 11.3 Å². The van der Waals surface area contributed by atoms with E-state index in [-0.39, 0.29) is 17.2 Å². The SMILES string of the molecule is O=C(CC1(CC(=O)N2CCC(OC3CCCC3)CC2)CCCCC1)Nc1nccs1. The highest BCUT2D eigenvalue weighted by Crippen LogP contribution is 2.43. The summed E-state index contributed by atoms with van der Waals surface area (Å²) < 4.78 is 6.26. The molecular formula is C23H35N3O3S. The van der Waals surface area contributed by atoms with Crippen LogP contribution in [0.4, 0.5) is 5.13 Å². The highest BCUT2D eigenvalue weighted by atomic mass is 32.1. The van der Waals surface area contributed by atoms with E-state index >= 15 is 0 Å². The first-order chi connectivity index (χ1) is 14.6. The number of carbonyl (C=O) groups excluding carboxylic acids is 2. The monoisotopic (exact) mass is 433 g/mol. The summed E-state index contributed by atoms with van der Waals surface area (Å²) in [5.41, 5.74) is -0.201. The minimum Gasteiger partial charge on any atom is -0.375 e. The van der Waals surface area contributed by atoms with Crippen LogP contribution in [-0.2, 0) is 14.3 Å². The van der Waals surface area contributed by atoms with Gasteiger partial charge in [-0.05, 0) is 43.9 Å². The number of aromatic nitrogens is 1. The molecule has 1 aromatic rings. The fraction of sp³-hybridized carbons (Fsp3) is 0.783. The van der Waals surface area contributed by atoms with E-state index in [1.165, 1.54) is 43.4 Å². The first kappa shape index (κ1) is 21.8. The van der Waals surface area contributed by atoms with Crippen molar-refractivity contribution in [3.63, 3.8) is 0 Å². The van der Waals surface area contributed by atoms with Crippen LogP contribution in [0, 0.1) is 5.41 Å². The zero-order valence-corrected chi connectivity index (χ0v) is 18.8. The van der Waals surface area contributed by atoms with Crippen LogP contribution >= 0.6 is 11.3 Å². The van der Waals surface area contributed by atoms with Gasteiger partial charge in [0.2, 0.25) is 11.8 Å². The molecule has 0 atom stereocenters. The van der Waals surface area contributed by atoms with E-state index in [0.717, 1.165) is 51.6 Å². The zero-order valence-electron chi connectivity index (χ0n) is 17.9. The van der Waals surface area contributed by atoms with Crippen LogP contribution in [-0.4, -0.2) is 47.0 Å². The number of ether oxygens (including phenoxy) is 1. The topological polar surface area (TPSA) is 71.5 Å². The second-order valence-corrected chi connectivity index (χ2v) is 10.3. The average molecular weight is 434 g/mol. The van der Waals surface area contributed by atoms with Gasteiger partial charge >= 0.3 is 0 Å². The van der Waals surface area contributed by atoms with Crippen LogP contribution in [0.5, 0.6) is 0 Å². The van der Waals surface area contributed by atoms with E-state index in [1.807, 2.05) is 10.3 Å². The maximum atomic E-state index is 13.2. The molecule has 2 aliphatic carbocycles. The molecule has 3 fully saturated rings. The van der Waals surface area contributed by atoms with Crippen molar-refractivity contribution in [3.05, 3.63) is 11.6 Å². The van der Waals surface area contributed by atoms with Crippen molar-refractivity contribution < 1.29 is 14.3 Å². The third kappa shape index (κ3) is 5.82. The van der Waals surface area contributed by atoms with Gasteiger partial charge < -0.3 is 15.0 Å². The van der Waals surface area contributed by atoms with Gasteiger partial charge in [-0.3, -0.25) is 9.59 Å². The molecule has 2 amide bonds. The molecule has 166 valence electrons. The fourth-order valence-corrected chi connectivity index (χ4v) is 6.02. The highest BCUT2D eigenvalue weighted by molar-refractivity contribution is 7.13. The molecule has 4 rings (SSSR count). The molecule has 0 bridgehead atoms. The van der Waals surface area contributed by atoms with Gasteiger partial charge in [0.25, 0.3) is 0 Å². The number of nitrogens with one attached hydrogen (secondary N) is 1. The summed E-state index contributed by atoms with van der Waals surface area (Å²) >= 11 is 1.43. The molecule has 3 aliphatic rings. The molecular weight excluding hydrogens is 398 g/mol. The molecule has 0 aromatic carbocycles. The zero-order chi connectivity index (χ0) is 20.8. The van der Waals surface area contributed by atoms with Gasteiger partial charge in [0.05, 0.1) is 12.2 Å². The molecule has 6 nitrogen and oxygen atoms in total. The molecule has 0 radical (unpaired) electrons. The fourth-order valence-electron chi connectivity index (χ4n) is 5.48. The number of rotatable bonds is 7. The van der Waals surface area contributed by atoms with Crippen LogP contribution in [0.15, 0.2) is 11.6 Å². The van der Waals surface area contributed by atoms with Crippen molar-refractivity contribution in [1.29, 1.82) is 0 Å². The third-order valence-corrected chi connectivity index (χ3v) is 7.82. The Labute approximate surface area is 183 Å². The maximum absolute atomic E-state index is 13.2. The van der Waals surface area contributed by atoms with Crippen molar-refractivity contribution in [2.24, 2.45) is 5.41 Å². The van der Waals surface area contributed by atoms with E-state index < -0.39 is 0 Å². The summed E-state index contributed by atoms with van der Waals surface area (Å²) in [6, 6.07) is 0. The van der Waals surface area contributed by atoms with E-state index in [9.17, 15) is 9.59 Å². The molecule has 30 heavy (non-hydrogen) atoms. The molecule has 2 heterocycles. The lowest BCUT2D eigenvalue weighted by Crippen LogP contribution is -2.44. The molecule has 1 aliphatic heterocycles. The Morgan fingerprint density at radius 2 is 1.73 bits per heavy atom. The number of piperidine rings is 1. The number of amides is 2. The number of anilines is 1. The van der Waals surface area contributed by atoms with Crippen LogP contribution in [0.3, 0.4) is 0 Å². The summed E-state index contributed by atoms with van der Waals surface area (Å²) in [5.74, 6) is 0.210. The molecule has 2 saturated carbocycles. The lowest BCUT2D eigenvalue weighted by Gasteiger charge is -2.39. The van der Waals surface area contributed by atoms with Crippen LogP contribution in [0.1, 0.15) is 83.5 Å². The molecule has 0 spiro atoms. The van der Waals surface area contributed by atoms with Gasteiger partial charge in [0, 0.05) is 37.5 Å². The minimum absolute atomic E-state index is 0.0108. The van der Waals surface area contributed by atoms with Crippen molar-refractivity contribution >= 4 is 28.3 Å². The lowest BCUT2D eigenvalue weighted by molar-refractivity contribution is -0.138. The summed E-state index contributed by atoms with van der Waals surface area (Å²) in [7, 11) is 0. The Balaban J connectivity index is 1.29. The summed E-state index contributed by atoms with van der Waals surface area (Å²) in [4.78, 5) is 32.0. The third-order valence-electron chi connectivity index (χ3n) is 7.14. The van der Waals surface area contributed by atoms with Gasteiger partial charge in [-0.1, -0.05) is 32.1 Å². The number of hydrogen-bond acceptors (Lipinski definition) is 5. The number of thiazole rings is 1. The van der Waals surface area contributed by atoms with Crippen LogP contribution in [0.2, 0.25) is 0 Å². The standard InChI is InChI=1S/C23H35N3O3S/c27-20(25-22-24-12-15-30-22)16-23(10-4-1-5-11-23)17-21(28)26-13-8-19(9-14-26)29-18-6-2-3-7-18/h12,15,18-19H,1-11,13-14,16-17H2,(H,24,25,27). The molecule has 1 saturated heterocycles. The Bertz CT molecular complexity index is 689. The van der Waals surface area contributed by atoms with E-state index in [1.54, 1.807) is 6.20 Å². The van der Waals surface area contributed by atoms with Gasteiger partial charge in [0.15, 0.2) is 5.13 Å². The Morgan fingerprint density at radius 1 is 1.03 bits per heavy atom. The average Bonchev–Trinajstić information content (AvgIpc) is 3.43.